The van der Waals surface area contributed by atoms with Gasteiger partial charge in [-0.1, -0.05) is 60.7 Å². The van der Waals surface area contributed by atoms with Crippen molar-refractivity contribution in [2.24, 2.45) is 0 Å². The molecule has 0 radical (unpaired) electrons. The zero-order valence-electron chi connectivity index (χ0n) is 13.9. The van der Waals surface area contributed by atoms with Gasteiger partial charge in [0.1, 0.15) is 5.60 Å². The van der Waals surface area contributed by atoms with Crippen LogP contribution in [0.3, 0.4) is 0 Å². The average molecular weight is 309 g/mol. The monoisotopic (exact) mass is 309 g/mol. The van der Waals surface area contributed by atoms with E-state index in [0.29, 0.717) is 6.54 Å². The standard InChI is InChI=1S/C20H23NO2/c1-20(2,3)23-19(22)21(16-18-12-8-5-9-13-18)15-14-17-10-6-4-7-11-17/h4-15H,16H2,1-3H3/b15-14+. The summed E-state index contributed by atoms with van der Waals surface area (Å²) in [5.74, 6) is 0. The van der Waals surface area contributed by atoms with Crippen LogP contribution in [0.15, 0.2) is 66.9 Å². The van der Waals surface area contributed by atoms with Gasteiger partial charge in [-0.3, -0.25) is 4.90 Å². The fourth-order valence-corrected chi connectivity index (χ4v) is 2.02. The molecule has 0 saturated carbocycles. The Kier molecular flexibility index (Phi) is 5.58. The number of carbonyl (C=O) groups is 1. The van der Waals surface area contributed by atoms with Crippen LogP contribution in [0.25, 0.3) is 6.08 Å². The molecule has 3 heteroatoms. The lowest BCUT2D eigenvalue weighted by atomic mass is 10.2. The molecule has 2 aromatic rings. The van der Waals surface area contributed by atoms with E-state index in [1.165, 1.54) is 0 Å². The van der Waals surface area contributed by atoms with Crippen LogP contribution < -0.4 is 0 Å². The zero-order chi connectivity index (χ0) is 16.7. The third-order valence-corrected chi connectivity index (χ3v) is 3.07. The van der Waals surface area contributed by atoms with Gasteiger partial charge in [0.2, 0.25) is 0 Å². The first-order chi connectivity index (χ1) is 10.9. The van der Waals surface area contributed by atoms with Gasteiger partial charge in [-0.05, 0) is 38.0 Å². The average Bonchev–Trinajstić information content (AvgIpc) is 2.51. The van der Waals surface area contributed by atoms with E-state index >= 15 is 0 Å². The topological polar surface area (TPSA) is 29.5 Å². The van der Waals surface area contributed by atoms with Crippen molar-refractivity contribution < 1.29 is 9.53 Å². The van der Waals surface area contributed by atoms with Crippen LogP contribution in [0.5, 0.6) is 0 Å². The number of hydrogen-bond acceptors (Lipinski definition) is 2. The predicted octanol–water partition coefficient (Wildman–Crippen LogP) is 5.09. The SMILES string of the molecule is CC(C)(C)OC(=O)N(/C=C/c1ccccc1)Cc1ccccc1. The first-order valence-electron chi connectivity index (χ1n) is 7.71. The van der Waals surface area contributed by atoms with Crippen LogP contribution in [-0.4, -0.2) is 16.6 Å². The van der Waals surface area contributed by atoms with E-state index in [1.54, 1.807) is 11.1 Å². The third-order valence-electron chi connectivity index (χ3n) is 3.07. The Hall–Kier alpha value is -2.55. The molecule has 0 aliphatic heterocycles. The van der Waals surface area contributed by atoms with Gasteiger partial charge < -0.3 is 4.74 Å². The summed E-state index contributed by atoms with van der Waals surface area (Å²) in [6.07, 6.45) is 3.33. The normalized spacial score (nSPS) is 11.4. The Labute approximate surface area is 138 Å². The maximum Gasteiger partial charge on any atom is 0.414 e. The van der Waals surface area contributed by atoms with E-state index in [-0.39, 0.29) is 6.09 Å². The first kappa shape index (κ1) is 16.8. The minimum Gasteiger partial charge on any atom is -0.443 e. The molecule has 0 aliphatic carbocycles. The Balaban J connectivity index is 2.17. The van der Waals surface area contributed by atoms with Crippen molar-refractivity contribution in [2.45, 2.75) is 32.9 Å². The highest BCUT2D eigenvalue weighted by atomic mass is 16.6. The molecule has 2 rings (SSSR count). The number of carbonyl (C=O) groups excluding carboxylic acids is 1. The molecule has 2 aromatic carbocycles. The van der Waals surface area contributed by atoms with E-state index in [2.05, 4.69) is 0 Å². The van der Waals surface area contributed by atoms with Gasteiger partial charge in [-0.2, -0.15) is 0 Å². The Morgan fingerprint density at radius 3 is 2.13 bits per heavy atom. The van der Waals surface area contributed by atoms with Crippen LogP contribution >= 0.6 is 0 Å². The molecular weight excluding hydrogens is 286 g/mol. The van der Waals surface area contributed by atoms with E-state index in [0.717, 1.165) is 11.1 Å². The van der Waals surface area contributed by atoms with E-state index in [4.69, 9.17) is 4.74 Å². The van der Waals surface area contributed by atoms with E-state index in [9.17, 15) is 4.79 Å². The van der Waals surface area contributed by atoms with Gasteiger partial charge in [-0.15, -0.1) is 0 Å². The van der Waals surface area contributed by atoms with Crippen LogP contribution in [0.1, 0.15) is 31.9 Å². The minimum absolute atomic E-state index is 0.353. The molecule has 0 aromatic heterocycles. The smallest absolute Gasteiger partial charge is 0.414 e. The maximum atomic E-state index is 12.4. The molecular formula is C20H23NO2. The molecule has 120 valence electrons. The number of rotatable bonds is 4. The van der Waals surface area contributed by atoms with Gasteiger partial charge in [0.15, 0.2) is 0 Å². The van der Waals surface area contributed by atoms with Gasteiger partial charge in [-0.25, -0.2) is 4.79 Å². The second kappa shape index (κ2) is 7.63. The van der Waals surface area contributed by atoms with Gasteiger partial charge in [0.25, 0.3) is 0 Å². The van der Waals surface area contributed by atoms with Gasteiger partial charge >= 0.3 is 6.09 Å². The molecule has 1 amide bonds. The van der Waals surface area contributed by atoms with Crippen molar-refractivity contribution in [2.75, 3.05) is 0 Å². The molecule has 0 aliphatic rings. The highest BCUT2D eigenvalue weighted by Gasteiger charge is 2.20. The quantitative estimate of drug-likeness (QED) is 0.787. The van der Waals surface area contributed by atoms with Gasteiger partial charge in [0, 0.05) is 6.20 Å². The van der Waals surface area contributed by atoms with Crippen molar-refractivity contribution >= 4 is 12.2 Å². The van der Waals surface area contributed by atoms with Crippen LogP contribution in [0.4, 0.5) is 4.79 Å². The molecule has 3 nitrogen and oxygen atoms in total. The van der Waals surface area contributed by atoms with Crippen LogP contribution in [0.2, 0.25) is 0 Å². The molecule has 0 unspecified atom stereocenters. The number of amides is 1. The molecule has 0 fully saturated rings. The molecule has 0 spiro atoms. The Bertz CT molecular complexity index is 642. The molecule has 0 bridgehead atoms. The first-order valence-corrected chi connectivity index (χ1v) is 7.71. The van der Waals surface area contributed by atoms with Crippen molar-refractivity contribution in [3.05, 3.63) is 78.0 Å². The van der Waals surface area contributed by atoms with Crippen molar-refractivity contribution in [3.8, 4) is 0 Å². The number of benzene rings is 2. The highest BCUT2D eigenvalue weighted by molar-refractivity contribution is 5.70. The summed E-state index contributed by atoms with van der Waals surface area (Å²) in [6.45, 7) is 6.07. The molecule has 0 N–H and O–H groups in total. The molecule has 0 heterocycles. The molecule has 0 saturated heterocycles. The number of nitrogens with zero attached hydrogens (tertiary/aromatic N) is 1. The summed E-state index contributed by atoms with van der Waals surface area (Å²) in [5.41, 5.74) is 1.57. The third kappa shape index (κ3) is 5.99. The fourth-order valence-electron chi connectivity index (χ4n) is 2.02. The largest absolute Gasteiger partial charge is 0.443 e. The number of hydrogen-bond donors (Lipinski definition) is 0. The van der Waals surface area contributed by atoms with Crippen molar-refractivity contribution in [1.82, 2.24) is 4.90 Å². The zero-order valence-corrected chi connectivity index (χ0v) is 13.9. The van der Waals surface area contributed by atoms with Crippen LogP contribution in [0, 0.1) is 0 Å². The summed E-state index contributed by atoms with van der Waals surface area (Å²) < 4.78 is 5.50. The maximum absolute atomic E-state index is 12.4. The second-order valence-corrected chi connectivity index (χ2v) is 6.32. The fraction of sp³-hybridized carbons (Fsp3) is 0.250. The summed E-state index contributed by atoms with van der Waals surface area (Å²) >= 11 is 0. The van der Waals surface area contributed by atoms with Crippen molar-refractivity contribution in [1.29, 1.82) is 0 Å². The van der Waals surface area contributed by atoms with E-state index in [1.807, 2.05) is 87.5 Å². The molecule has 23 heavy (non-hydrogen) atoms. The van der Waals surface area contributed by atoms with E-state index < -0.39 is 5.60 Å². The lowest BCUT2D eigenvalue weighted by Crippen LogP contribution is -2.33. The number of ether oxygens (including phenoxy) is 1. The summed E-state index contributed by atoms with van der Waals surface area (Å²) in [6, 6.07) is 19.8. The summed E-state index contributed by atoms with van der Waals surface area (Å²) in [7, 11) is 0. The minimum atomic E-state index is -0.521. The van der Waals surface area contributed by atoms with Crippen molar-refractivity contribution in [3.63, 3.8) is 0 Å². The predicted molar refractivity (Wildman–Crippen MR) is 93.7 cm³/mol. The summed E-state index contributed by atoms with van der Waals surface area (Å²) in [4.78, 5) is 14.0. The van der Waals surface area contributed by atoms with Crippen LogP contribution in [-0.2, 0) is 11.3 Å². The lowest BCUT2D eigenvalue weighted by molar-refractivity contribution is 0.0324. The lowest BCUT2D eigenvalue weighted by Gasteiger charge is -2.25. The Morgan fingerprint density at radius 1 is 1.00 bits per heavy atom. The second-order valence-electron chi connectivity index (χ2n) is 6.32. The van der Waals surface area contributed by atoms with Gasteiger partial charge in [0.05, 0.1) is 6.54 Å². The molecule has 0 atom stereocenters. The highest BCUT2D eigenvalue weighted by Crippen LogP contribution is 2.14. The Morgan fingerprint density at radius 2 is 1.57 bits per heavy atom. The summed E-state index contributed by atoms with van der Waals surface area (Å²) in [5, 5.41) is 0.